The van der Waals surface area contributed by atoms with Crippen molar-refractivity contribution < 1.29 is 27.6 Å². The van der Waals surface area contributed by atoms with Crippen molar-refractivity contribution in [2.75, 3.05) is 61.6 Å². The fourth-order valence-corrected chi connectivity index (χ4v) is 5.55. The predicted molar refractivity (Wildman–Crippen MR) is 157 cm³/mol. The van der Waals surface area contributed by atoms with E-state index in [2.05, 4.69) is 10.6 Å². The largest absolute Gasteiger partial charge is 0.486 e. The molecule has 0 unspecified atom stereocenters. The molecule has 0 fully saturated rings. The number of amides is 1. The zero-order chi connectivity index (χ0) is 29.3. The smallest absolute Gasteiger partial charge is 0.271 e. The molecule has 5 rings (SSSR count). The number of nitro benzene ring substituents is 1. The third-order valence-electron chi connectivity index (χ3n) is 6.61. The van der Waals surface area contributed by atoms with E-state index in [1.54, 1.807) is 42.5 Å². The average Bonchev–Trinajstić information content (AvgIpc) is 3.26. The van der Waals surface area contributed by atoms with Crippen LogP contribution < -0.4 is 24.4 Å². The molecule has 0 aromatic heterocycles. The van der Waals surface area contributed by atoms with Gasteiger partial charge in [0.2, 0.25) is 10.0 Å². The van der Waals surface area contributed by atoms with Gasteiger partial charge in [0, 0.05) is 42.0 Å². The number of nitro groups is 1. The van der Waals surface area contributed by atoms with Crippen molar-refractivity contribution in [1.82, 2.24) is 4.90 Å². The molecule has 2 aliphatic rings. The van der Waals surface area contributed by atoms with E-state index in [9.17, 15) is 23.3 Å². The van der Waals surface area contributed by atoms with Crippen LogP contribution in [0.3, 0.4) is 0 Å². The van der Waals surface area contributed by atoms with Gasteiger partial charge < -0.3 is 25.0 Å². The number of non-ortho nitro benzene ring substituents is 1. The summed E-state index contributed by atoms with van der Waals surface area (Å²) < 4.78 is 37.7. The zero-order valence-electron chi connectivity index (χ0n) is 22.7. The van der Waals surface area contributed by atoms with Crippen LogP contribution in [0.5, 0.6) is 11.5 Å². The fraction of sp³-hybridized carbons (Fsp3) is 0.250. The molecule has 12 nitrogen and oxygen atoms in total. The molecule has 0 spiro atoms. The number of rotatable bonds is 9. The molecule has 1 amide bonds. The molecule has 0 bridgehead atoms. The number of sulfonamides is 1. The highest BCUT2D eigenvalue weighted by Crippen LogP contribution is 2.41. The van der Waals surface area contributed by atoms with Gasteiger partial charge in [0.25, 0.3) is 11.6 Å². The summed E-state index contributed by atoms with van der Waals surface area (Å²) in [5, 5.41) is 17.4. The van der Waals surface area contributed by atoms with E-state index in [1.165, 1.54) is 28.8 Å². The third-order valence-corrected chi connectivity index (χ3v) is 7.81. The number of carbonyl (C=O) groups excluding carboxylic acids is 1. The van der Waals surface area contributed by atoms with Gasteiger partial charge in [-0.25, -0.2) is 8.42 Å². The first-order valence-corrected chi connectivity index (χ1v) is 14.6. The number of likely N-dealkylation sites (N-methyl/N-ethyl adjacent to an activating group) is 1. The highest BCUT2D eigenvalue weighted by Gasteiger charge is 2.30. The summed E-state index contributed by atoms with van der Waals surface area (Å²) in [6, 6.07) is 16.4. The molecule has 0 saturated heterocycles. The Hall–Kier alpha value is -4.62. The molecular formula is C28H29N5O7S. The molecule has 2 heterocycles. The lowest BCUT2D eigenvalue weighted by atomic mass is 9.99. The lowest BCUT2D eigenvalue weighted by Gasteiger charge is -2.24. The third kappa shape index (κ3) is 5.95. The molecule has 3 aromatic carbocycles. The first kappa shape index (κ1) is 27.9. The molecular weight excluding hydrogens is 550 g/mol. The SMILES string of the molecule is CN(C)CCN(c1ccc(N/C(=C2\C(=O)Nc3cc([N+](=O)[O-])ccc32)c2ccc3c(c2)OCCO3)cc1)S(C)(=O)=O. The Labute approximate surface area is 237 Å². The van der Waals surface area contributed by atoms with Crippen molar-refractivity contribution in [2.45, 2.75) is 0 Å². The highest BCUT2D eigenvalue weighted by molar-refractivity contribution is 7.92. The molecule has 0 aliphatic carbocycles. The van der Waals surface area contributed by atoms with E-state index in [0.717, 1.165) is 0 Å². The molecule has 2 N–H and O–H groups in total. The highest BCUT2D eigenvalue weighted by atomic mass is 32.2. The summed E-state index contributed by atoms with van der Waals surface area (Å²) in [6.45, 7) is 1.64. The summed E-state index contributed by atoms with van der Waals surface area (Å²) in [4.78, 5) is 26.0. The molecule has 41 heavy (non-hydrogen) atoms. The fourth-order valence-electron chi connectivity index (χ4n) is 4.63. The topological polar surface area (TPSA) is 143 Å². The molecule has 214 valence electrons. The molecule has 0 saturated carbocycles. The van der Waals surface area contributed by atoms with E-state index >= 15 is 0 Å². The van der Waals surface area contributed by atoms with Gasteiger partial charge >= 0.3 is 0 Å². The van der Waals surface area contributed by atoms with E-state index in [0.29, 0.717) is 70.7 Å². The number of carbonyl (C=O) groups is 1. The Morgan fingerprint density at radius 1 is 1.00 bits per heavy atom. The van der Waals surface area contributed by atoms with Crippen molar-refractivity contribution in [3.8, 4) is 11.5 Å². The number of nitrogens with zero attached hydrogens (tertiary/aromatic N) is 3. The van der Waals surface area contributed by atoms with Crippen molar-refractivity contribution >= 4 is 50.0 Å². The Balaban J connectivity index is 1.57. The van der Waals surface area contributed by atoms with Crippen LogP contribution >= 0.6 is 0 Å². The predicted octanol–water partition coefficient (Wildman–Crippen LogP) is 3.63. The summed E-state index contributed by atoms with van der Waals surface area (Å²) in [6.07, 6.45) is 1.17. The lowest BCUT2D eigenvalue weighted by molar-refractivity contribution is -0.384. The van der Waals surface area contributed by atoms with Crippen molar-refractivity contribution in [1.29, 1.82) is 0 Å². The number of nitrogens with one attached hydrogen (secondary N) is 2. The summed E-state index contributed by atoms with van der Waals surface area (Å²) in [5.74, 6) is 0.677. The van der Waals surface area contributed by atoms with Crippen LogP contribution in [0.4, 0.5) is 22.7 Å². The van der Waals surface area contributed by atoms with Gasteiger partial charge in [-0.15, -0.1) is 0 Å². The van der Waals surface area contributed by atoms with Crippen LogP contribution in [0.25, 0.3) is 11.3 Å². The van der Waals surface area contributed by atoms with Gasteiger partial charge in [-0.1, -0.05) is 0 Å². The van der Waals surface area contributed by atoms with Crippen molar-refractivity contribution in [3.05, 3.63) is 81.9 Å². The Bertz CT molecular complexity index is 1650. The molecule has 0 radical (unpaired) electrons. The molecule has 0 atom stereocenters. The van der Waals surface area contributed by atoms with Crippen molar-refractivity contribution in [2.24, 2.45) is 0 Å². The second-order valence-corrected chi connectivity index (χ2v) is 11.8. The number of ether oxygens (including phenoxy) is 2. The number of fused-ring (bicyclic) bond motifs is 2. The molecule has 3 aromatic rings. The minimum Gasteiger partial charge on any atom is -0.486 e. The normalized spacial score (nSPS) is 15.3. The first-order chi connectivity index (χ1) is 19.5. The number of benzene rings is 3. The molecule has 13 heteroatoms. The Morgan fingerprint density at radius 2 is 1.71 bits per heavy atom. The van der Waals surface area contributed by atoms with E-state index in [4.69, 9.17) is 9.47 Å². The van der Waals surface area contributed by atoms with Gasteiger partial charge in [0.15, 0.2) is 11.5 Å². The van der Waals surface area contributed by atoms with Crippen LogP contribution in [0.1, 0.15) is 11.1 Å². The monoisotopic (exact) mass is 579 g/mol. The van der Waals surface area contributed by atoms with Gasteiger partial charge in [-0.2, -0.15) is 0 Å². The molecule has 2 aliphatic heterocycles. The van der Waals surface area contributed by atoms with Gasteiger partial charge in [-0.05, 0) is 62.6 Å². The Morgan fingerprint density at radius 3 is 2.37 bits per heavy atom. The standard InChI is InChI=1S/C28H29N5O7S/c1-31(2)12-13-32(41(3,37)38)20-7-5-19(6-8-20)29-27(18-4-11-24-25(16-18)40-15-14-39-24)26-22-10-9-21(33(35)36)17-23(22)30-28(26)34/h4-11,16-17,29H,12-15H2,1-3H3,(H,30,34)/b27-26-. The minimum atomic E-state index is -3.51. The second-order valence-electron chi connectivity index (χ2n) is 9.86. The summed E-state index contributed by atoms with van der Waals surface area (Å²) in [7, 11) is 0.227. The number of anilines is 3. The van der Waals surface area contributed by atoms with Crippen LogP contribution in [0.15, 0.2) is 60.7 Å². The quantitative estimate of drug-likeness (QED) is 0.221. The van der Waals surface area contributed by atoms with E-state index < -0.39 is 20.9 Å². The number of hydrogen-bond donors (Lipinski definition) is 2. The summed E-state index contributed by atoms with van der Waals surface area (Å²) >= 11 is 0. The van der Waals surface area contributed by atoms with Crippen LogP contribution in [-0.4, -0.2) is 70.8 Å². The van der Waals surface area contributed by atoms with Crippen LogP contribution in [0, 0.1) is 10.1 Å². The lowest BCUT2D eigenvalue weighted by Crippen LogP contribution is -2.35. The van der Waals surface area contributed by atoms with E-state index in [1.807, 2.05) is 19.0 Å². The van der Waals surface area contributed by atoms with Crippen LogP contribution in [0.2, 0.25) is 0 Å². The maximum Gasteiger partial charge on any atom is 0.271 e. The number of hydrogen-bond acceptors (Lipinski definition) is 9. The Kier molecular flexibility index (Phi) is 7.56. The zero-order valence-corrected chi connectivity index (χ0v) is 23.5. The first-order valence-electron chi connectivity index (χ1n) is 12.8. The van der Waals surface area contributed by atoms with Crippen LogP contribution in [-0.2, 0) is 14.8 Å². The van der Waals surface area contributed by atoms with Gasteiger partial charge in [0.05, 0.1) is 33.8 Å². The maximum atomic E-state index is 13.3. The minimum absolute atomic E-state index is 0.139. The maximum absolute atomic E-state index is 13.3. The summed E-state index contributed by atoms with van der Waals surface area (Å²) in [5.41, 5.74) is 3.14. The van der Waals surface area contributed by atoms with Gasteiger partial charge in [0.1, 0.15) is 13.2 Å². The second kappa shape index (κ2) is 11.1. The average molecular weight is 580 g/mol. The van der Waals surface area contributed by atoms with Crippen molar-refractivity contribution in [3.63, 3.8) is 0 Å². The van der Waals surface area contributed by atoms with Gasteiger partial charge in [-0.3, -0.25) is 19.2 Å². The van der Waals surface area contributed by atoms with E-state index in [-0.39, 0.29) is 12.2 Å².